The van der Waals surface area contributed by atoms with Crippen molar-refractivity contribution in [3.63, 3.8) is 0 Å². The summed E-state index contributed by atoms with van der Waals surface area (Å²) in [6, 6.07) is 10.7. The highest BCUT2D eigenvalue weighted by atomic mass is 16.4. The number of imide groups is 1. The summed E-state index contributed by atoms with van der Waals surface area (Å²) in [5.41, 5.74) is 7.17. The molecule has 0 aromatic heterocycles. The fourth-order valence-electron chi connectivity index (χ4n) is 2.82. The first-order valence-electron chi connectivity index (χ1n) is 8.21. The number of benzene rings is 2. The van der Waals surface area contributed by atoms with E-state index in [1.807, 2.05) is 0 Å². The minimum Gasteiger partial charge on any atom is -0.480 e. The third kappa shape index (κ3) is 3.73. The zero-order chi connectivity index (χ0) is 20.4. The van der Waals surface area contributed by atoms with Crippen LogP contribution >= 0.6 is 0 Å². The van der Waals surface area contributed by atoms with Gasteiger partial charge >= 0.3 is 5.97 Å². The van der Waals surface area contributed by atoms with Gasteiger partial charge in [0.25, 0.3) is 11.8 Å². The number of nitrogens with two attached hydrogens (primary N) is 1. The van der Waals surface area contributed by atoms with Crippen LogP contribution in [0.2, 0.25) is 0 Å². The first-order valence-corrected chi connectivity index (χ1v) is 8.21. The summed E-state index contributed by atoms with van der Waals surface area (Å²) in [5, 5.41) is 18.9. The Hall–Kier alpha value is -4.01. The molecule has 9 nitrogen and oxygen atoms in total. The van der Waals surface area contributed by atoms with Gasteiger partial charge < -0.3 is 16.2 Å². The van der Waals surface area contributed by atoms with E-state index in [1.165, 1.54) is 18.2 Å². The van der Waals surface area contributed by atoms with Crippen molar-refractivity contribution in [3.05, 3.63) is 64.7 Å². The van der Waals surface area contributed by atoms with Crippen LogP contribution in [0.5, 0.6) is 0 Å². The van der Waals surface area contributed by atoms with Crippen LogP contribution in [0.1, 0.15) is 31.8 Å². The van der Waals surface area contributed by atoms with Crippen LogP contribution in [0.15, 0.2) is 42.5 Å². The number of fused-ring (bicyclic) bond motifs is 1. The van der Waals surface area contributed by atoms with E-state index < -0.39 is 30.2 Å². The summed E-state index contributed by atoms with van der Waals surface area (Å²) in [7, 11) is 0. The molecular formula is C19H16N4O5. The summed E-state index contributed by atoms with van der Waals surface area (Å²) in [4.78, 5) is 48.4. The van der Waals surface area contributed by atoms with Crippen LogP contribution < -0.4 is 11.1 Å². The molecule has 0 spiro atoms. The smallest absolute Gasteiger partial charge is 0.323 e. The number of carbonyl (C=O) groups excluding carboxylic acids is 3. The maximum Gasteiger partial charge on any atom is 0.323 e. The number of rotatable bonds is 5. The molecule has 0 atom stereocenters. The lowest BCUT2D eigenvalue weighted by molar-refractivity contribution is -0.142. The van der Waals surface area contributed by atoms with Gasteiger partial charge in [-0.15, -0.1) is 0 Å². The molecule has 2 aromatic carbocycles. The second-order valence-electron chi connectivity index (χ2n) is 6.17. The van der Waals surface area contributed by atoms with Gasteiger partial charge in [-0.1, -0.05) is 18.2 Å². The van der Waals surface area contributed by atoms with E-state index in [0.717, 1.165) is 0 Å². The van der Waals surface area contributed by atoms with E-state index in [1.54, 1.807) is 24.3 Å². The summed E-state index contributed by atoms with van der Waals surface area (Å²) in [6.45, 7) is -0.712. The Balaban J connectivity index is 1.81. The van der Waals surface area contributed by atoms with E-state index >= 15 is 0 Å². The van der Waals surface area contributed by atoms with Crippen molar-refractivity contribution in [2.24, 2.45) is 5.73 Å². The third-order valence-electron chi connectivity index (χ3n) is 4.24. The van der Waals surface area contributed by atoms with Crippen LogP contribution in [0, 0.1) is 5.41 Å². The lowest BCUT2D eigenvalue weighted by Crippen LogP contribution is -2.45. The van der Waals surface area contributed by atoms with E-state index in [9.17, 15) is 19.2 Å². The molecule has 0 saturated carbocycles. The quantitative estimate of drug-likeness (QED) is 0.342. The number of carboxylic acids is 1. The van der Waals surface area contributed by atoms with Crippen molar-refractivity contribution < 1.29 is 24.3 Å². The monoisotopic (exact) mass is 380 g/mol. The van der Waals surface area contributed by atoms with Crippen LogP contribution in [0.3, 0.4) is 0 Å². The normalized spacial score (nSPS) is 13.1. The standard InChI is InChI=1S/C19H16N4O5/c20-17(21)10-1-3-11(4-2-10)18(27)22-13-6-5-12-7-15(24)23(9-16(25)26)19(28)14(12)8-13/h1-6,8H,7,9H2,(H3,20,21)(H,22,27)(H,25,26). The molecule has 0 aliphatic carbocycles. The van der Waals surface area contributed by atoms with E-state index in [2.05, 4.69) is 5.32 Å². The second-order valence-corrected chi connectivity index (χ2v) is 6.17. The molecule has 3 rings (SSSR count). The van der Waals surface area contributed by atoms with E-state index in [0.29, 0.717) is 27.3 Å². The number of amidine groups is 1. The summed E-state index contributed by atoms with van der Waals surface area (Å²) in [6.07, 6.45) is -0.0882. The van der Waals surface area contributed by atoms with Gasteiger partial charge in [-0.05, 0) is 29.8 Å². The zero-order valence-electron chi connectivity index (χ0n) is 14.6. The van der Waals surface area contributed by atoms with Gasteiger partial charge in [0.1, 0.15) is 12.4 Å². The van der Waals surface area contributed by atoms with Gasteiger partial charge in [0.2, 0.25) is 5.91 Å². The number of hydrogen-bond donors (Lipinski definition) is 4. The van der Waals surface area contributed by atoms with Crippen LogP contribution in [-0.2, 0) is 16.0 Å². The fraction of sp³-hybridized carbons (Fsp3) is 0.105. The highest BCUT2D eigenvalue weighted by Crippen LogP contribution is 2.24. The highest BCUT2D eigenvalue weighted by molar-refractivity contribution is 6.12. The fourth-order valence-corrected chi connectivity index (χ4v) is 2.82. The van der Waals surface area contributed by atoms with Gasteiger partial charge in [0.05, 0.1) is 6.42 Å². The van der Waals surface area contributed by atoms with Gasteiger partial charge in [0.15, 0.2) is 0 Å². The average Bonchev–Trinajstić information content (AvgIpc) is 2.65. The molecular weight excluding hydrogens is 364 g/mol. The Bertz CT molecular complexity index is 1010. The van der Waals surface area contributed by atoms with Gasteiger partial charge in [-0.3, -0.25) is 29.5 Å². The van der Waals surface area contributed by atoms with Crippen molar-refractivity contribution >= 4 is 35.2 Å². The molecule has 0 fully saturated rings. The predicted octanol–water partition coefficient (Wildman–Crippen LogP) is 0.832. The highest BCUT2D eigenvalue weighted by Gasteiger charge is 2.32. The SMILES string of the molecule is N=C(N)c1ccc(C(=O)Nc2ccc3c(c2)C(=O)N(CC(=O)O)C(=O)C3)cc1. The van der Waals surface area contributed by atoms with Gasteiger partial charge in [-0.2, -0.15) is 0 Å². The van der Waals surface area contributed by atoms with Crippen molar-refractivity contribution in [3.8, 4) is 0 Å². The van der Waals surface area contributed by atoms with Gasteiger partial charge in [0, 0.05) is 22.4 Å². The van der Waals surface area contributed by atoms with Crippen LogP contribution in [0.25, 0.3) is 0 Å². The van der Waals surface area contributed by atoms with Gasteiger partial charge in [-0.25, -0.2) is 0 Å². The maximum absolute atomic E-state index is 12.5. The Labute approximate surface area is 159 Å². The molecule has 142 valence electrons. The third-order valence-corrected chi connectivity index (χ3v) is 4.24. The summed E-state index contributed by atoms with van der Waals surface area (Å²) < 4.78 is 0. The number of nitrogens with one attached hydrogen (secondary N) is 2. The topological polar surface area (TPSA) is 154 Å². The summed E-state index contributed by atoms with van der Waals surface area (Å²) in [5.74, 6) is -3.13. The van der Waals surface area contributed by atoms with E-state index in [-0.39, 0.29) is 17.8 Å². The number of carboxylic acid groups (broad SMARTS) is 1. The Morgan fingerprint density at radius 3 is 2.36 bits per heavy atom. The number of aliphatic carboxylic acids is 1. The molecule has 0 saturated heterocycles. The molecule has 0 radical (unpaired) electrons. The Morgan fingerprint density at radius 2 is 1.75 bits per heavy atom. The van der Waals surface area contributed by atoms with Crippen molar-refractivity contribution in [1.82, 2.24) is 4.90 Å². The molecule has 28 heavy (non-hydrogen) atoms. The molecule has 9 heteroatoms. The number of carbonyl (C=O) groups is 4. The van der Waals surface area contributed by atoms with Crippen LogP contribution in [0.4, 0.5) is 5.69 Å². The van der Waals surface area contributed by atoms with Crippen molar-refractivity contribution in [1.29, 1.82) is 5.41 Å². The lowest BCUT2D eigenvalue weighted by atomic mass is 9.97. The number of nitrogen functional groups attached to an aromatic ring is 1. The molecule has 1 aliphatic heterocycles. The molecule has 0 bridgehead atoms. The van der Waals surface area contributed by atoms with Crippen molar-refractivity contribution in [2.45, 2.75) is 6.42 Å². The minimum absolute atomic E-state index is 0.0882. The lowest BCUT2D eigenvalue weighted by Gasteiger charge is -2.25. The molecule has 1 aliphatic rings. The van der Waals surface area contributed by atoms with Crippen LogP contribution in [-0.4, -0.2) is 46.1 Å². The molecule has 2 aromatic rings. The zero-order valence-corrected chi connectivity index (χ0v) is 14.6. The maximum atomic E-state index is 12.5. The predicted molar refractivity (Wildman–Crippen MR) is 99.2 cm³/mol. The Morgan fingerprint density at radius 1 is 1.11 bits per heavy atom. The first-order chi connectivity index (χ1) is 13.3. The first kappa shape index (κ1) is 18.8. The Kier molecular flexibility index (Phi) is 4.90. The second kappa shape index (κ2) is 7.31. The average molecular weight is 380 g/mol. The molecule has 1 heterocycles. The summed E-state index contributed by atoms with van der Waals surface area (Å²) >= 11 is 0. The van der Waals surface area contributed by atoms with Crippen molar-refractivity contribution in [2.75, 3.05) is 11.9 Å². The number of amides is 3. The number of hydrogen-bond acceptors (Lipinski definition) is 5. The molecule has 5 N–H and O–H groups in total. The largest absolute Gasteiger partial charge is 0.480 e. The number of nitrogens with zero attached hydrogens (tertiary/aromatic N) is 1. The molecule has 3 amide bonds. The molecule has 0 unspecified atom stereocenters. The number of anilines is 1. The van der Waals surface area contributed by atoms with E-state index in [4.69, 9.17) is 16.2 Å². The minimum atomic E-state index is -1.29.